The number of fused-ring (bicyclic) bond motifs is 1. The molecular formula is C13H13N3O2S. The zero-order valence-corrected chi connectivity index (χ0v) is 11.6. The highest BCUT2D eigenvalue weighted by Gasteiger charge is 2.21. The molecule has 0 amide bonds. The second-order valence-corrected chi connectivity index (χ2v) is 5.66. The van der Waals surface area contributed by atoms with Crippen molar-refractivity contribution in [2.24, 2.45) is 0 Å². The molecule has 0 saturated carbocycles. The highest BCUT2D eigenvalue weighted by atomic mass is 32.1. The summed E-state index contributed by atoms with van der Waals surface area (Å²) in [7, 11) is 0. The first-order chi connectivity index (χ1) is 8.85. The van der Waals surface area contributed by atoms with E-state index in [-0.39, 0.29) is 4.88 Å². The van der Waals surface area contributed by atoms with Crippen LogP contribution in [0.1, 0.15) is 29.1 Å². The molecule has 5 nitrogen and oxygen atoms in total. The molecule has 2 rings (SSSR count). The van der Waals surface area contributed by atoms with Crippen molar-refractivity contribution in [1.82, 2.24) is 9.97 Å². The van der Waals surface area contributed by atoms with E-state index in [0.717, 1.165) is 11.3 Å². The number of hydrogen-bond donors (Lipinski definition) is 2. The number of carboxylic acid groups (broad SMARTS) is 1. The summed E-state index contributed by atoms with van der Waals surface area (Å²) >= 11 is 1.14. The number of carbonyl (C=O) groups is 1. The fourth-order valence-corrected chi connectivity index (χ4v) is 2.69. The molecule has 0 saturated heterocycles. The number of aromatic carboxylic acids is 1. The lowest BCUT2D eigenvalue weighted by molar-refractivity contribution is 0.0701. The Balaban J connectivity index is 2.64. The summed E-state index contributed by atoms with van der Waals surface area (Å²) in [5.74, 6) is 2.23. The smallest absolute Gasteiger partial charge is 0.346 e. The minimum atomic E-state index is -0.956. The van der Waals surface area contributed by atoms with Crippen LogP contribution in [0.2, 0.25) is 0 Å². The number of rotatable bonds is 3. The Kier molecular flexibility index (Phi) is 3.16. The van der Waals surface area contributed by atoms with E-state index in [1.807, 2.05) is 13.8 Å². The molecule has 0 aliphatic carbocycles. The Labute approximate surface area is 114 Å². The highest BCUT2D eigenvalue weighted by molar-refractivity contribution is 7.20. The first-order valence-electron chi connectivity index (χ1n) is 5.59. The van der Waals surface area contributed by atoms with Crippen LogP contribution in [0.5, 0.6) is 0 Å². The fraction of sp³-hybridized carbons (Fsp3) is 0.308. The largest absolute Gasteiger partial charge is 0.477 e. The third kappa shape index (κ3) is 2.37. The molecule has 2 aromatic rings. The minimum Gasteiger partial charge on any atom is -0.477 e. The van der Waals surface area contributed by atoms with Gasteiger partial charge < -0.3 is 10.4 Å². The van der Waals surface area contributed by atoms with Crippen molar-refractivity contribution in [3.8, 4) is 12.3 Å². The lowest BCUT2D eigenvalue weighted by Gasteiger charge is -2.20. The van der Waals surface area contributed by atoms with Gasteiger partial charge in [0.2, 0.25) is 0 Å². The van der Waals surface area contributed by atoms with E-state index in [0.29, 0.717) is 21.6 Å². The molecule has 6 heteroatoms. The molecule has 0 atom stereocenters. The van der Waals surface area contributed by atoms with E-state index in [4.69, 9.17) is 11.5 Å². The molecule has 0 bridgehead atoms. The average Bonchev–Trinajstić information content (AvgIpc) is 2.68. The predicted molar refractivity (Wildman–Crippen MR) is 75.6 cm³/mol. The van der Waals surface area contributed by atoms with Gasteiger partial charge in [0.25, 0.3) is 0 Å². The Bertz CT molecular complexity index is 698. The van der Waals surface area contributed by atoms with E-state index in [1.165, 1.54) is 6.33 Å². The minimum absolute atomic E-state index is 0.275. The second kappa shape index (κ2) is 4.52. The Morgan fingerprint density at radius 2 is 2.21 bits per heavy atom. The highest BCUT2D eigenvalue weighted by Crippen LogP contribution is 2.34. The topological polar surface area (TPSA) is 75.1 Å². The van der Waals surface area contributed by atoms with Crippen molar-refractivity contribution in [1.29, 1.82) is 0 Å². The zero-order valence-electron chi connectivity index (χ0n) is 10.8. The van der Waals surface area contributed by atoms with Gasteiger partial charge in [-0.25, -0.2) is 14.8 Å². The molecule has 2 aromatic heterocycles. The van der Waals surface area contributed by atoms with E-state index in [1.54, 1.807) is 6.92 Å². The summed E-state index contributed by atoms with van der Waals surface area (Å²) in [6, 6.07) is 0. The number of hydrogen-bond acceptors (Lipinski definition) is 5. The number of aromatic nitrogens is 2. The number of nitrogens with zero attached hydrogens (tertiary/aromatic N) is 2. The zero-order chi connectivity index (χ0) is 14.2. The number of terminal acetylenes is 1. The predicted octanol–water partition coefficient (Wildman–Crippen LogP) is 2.52. The van der Waals surface area contributed by atoms with E-state index < -0.39 is 11.5 Å². The van der Waals surface area contributed by atoms with Gasteiger partial charge in [0.1, 0.15) is 21.9 Å². The van der Waals surface area contributed by atoms with Crippen molar-refractivity contribution in [2.45, 2.75) is 26.3 Å². The van der Waals surface area contributed by atoms with Gasteiger partial charge in [0.15, 0.2) is 0 Å². The van der Waals surface area contributed by atoms with Crippen molar-refractivity contribution in [2.75, 3.05) is 5.32 Å². The van der Waals surface area contributed by atoms with Gasteiger partial charge in [-0.3, -0.25) is 0 Å². The summed E-state index contributed by atoms with van der Waals surface area (Å²) in [6.07, 6.45) is 6.84. The third-order valence-corrected chi connectivity index (χ3v) is 3.90. The lowest BCUT2D eigenvalue weighted by atomic mass is 10.1. The molecule has 0 aliphatic heterocycles. The Hall–Kier alpha value is -2.13. The van der Waals surface area contributed by atoms with E-state index >= 15 is 0 Å². The van der Waals surface area contributed by atoms with Crippen LogP contribution in [0, 0.1) is 19.3 Å². The van der Waals surface area contributed by atoms with Gasteiger partial charge in [-0.2, -0.15) is 0 Å². The van der Waals surface area contributed by atoms with Gasteiger partial charge in [0, 0.05) is 0 Å². The fourth-order valence-electron chi connectivity index (χ4n) is 1.70. The molecule has 98 valence electrons. The summed E-state index contributed by atoms with van der Waals surface area (Å²) in [6.45, 7) is 5.45. The monoisotopic (exact) mass is 275 g/mol. The Morgan fingerprint density at radius 3 is 2.79 bits per heavy atom. The summed E-state index contributed by atoms with van der Waals surface area (Å²) < 4.78 is 0. The molecule has 0 aliphatic rings. The lowest BCUT2D eigenvalue weighted by Crippen LogP contribution is -2.29. The molecule has 2 heterocycles. The van der Waals surface area contributed by atoms with Crippen molar-refractivity contribution < 1.29 is 9.90 Å². The first kappa shape index (κ1) is 13.3. The number of anilines is 1. The number of aryl methyl sites for hydroxylation is 1. The van der Waals surface area contributed by atoms with Crippen molar-refractivity contribution in [3.05, 3.63) is 16.8 Å². The van der Waals surface area contributed by atoms with E-state index in [9.17, 15) is 4.79 Å². The van der Waals surface area contributed by atoms with E-state index in [2.05, 4.69) is 21.2 Å². The van der Waals surface area contributed by atoms with Crippen molar-refractivity contribution >= 4 is 33.3 Å². The van der Waals surface area contributed by atoms with Crippen LogP contribution in [0.3, 0.4) is 0 Å². The van der Waals surface area contributed by atoms with Crippen LogP contribution in [-0.4, -0.2) is 26.6 Å². The summed E-state index contributed by atoms with van der Waals surface area (Å²) in [4.78, 5) is 20.4. The van der Waals surface area contributed by atoms with Gasteiger partial charge in [0.05, 0.1) is 10.9 Å². The molecule has 0 spiro atoms. The quantitative estimate of drug-likeness (QED) is 0.842. The van der Waals surface area contributed by atoms with Crippen LogP contribution in [0.15, 0.2) is 6.33 Å². The van der Waals surface area contributed by atoms with Gasteiger partial charge in [-0.15, -0.1) is 17.8 Å². The van der Waals surface area contributed by atoms with Crippen molar-refractivity contribution in [3.63, 3.8) is 0 Å². The van der Waals surface area contributed by atoms with Crippen LogP contribution in [0.4, 0.5) is 5.82 Å². The van der Waals surface area contributed by atoms with Gasteiger partial charge in [-0.05, 0) is 26.3 Å². The molecule has 19 heavy (non-hydrogen) atoms. The normalized spacial score (nSPS) is 11.3. The molecule has 0 unspecified atom stereocenters. The van der Waals surface area contributed by atoms with Gasteiger partial charge >= 0.3 is 5.97 Å². The van der Waals surface area contributed by atoms with Gasteiger partial charge in [-0.1, -0.05) is 5.92 Å². The molecule has 0 radical (unpaired) electrons. The number of carboxylic acids is 1. The number of thiophene rings is 1. The number of nitrogens with one attached hydrogen (secondary N) is 1. The van der Waals surface area contributed by atoms with Crippen LogP contribution < -0.4 is 5.32 Å². The summed E-state index contributed by atoms with van der Waals surface area (Å²) in [5, 5.41) is 13.0. The maximum Gasteiger partial charge on any atom is 0.346 e. The van der Waals surface area contributed by atoms with Crippen LogP contribution in [-0.2, 0) is 0 Å². The maximum atomic E-state index is 11.2. The molecule has 0 aromatic carbocycles. The molecule has 2 N–H and O–H groups in total. The van der Waals surface area contributed by atoms with Crippen LogP contribution in [0.25, 0.3) is 10.2 Å². The second-order valence-electron chi connectivity index (χ2n) is 4.66. The average molecular weight is 275 g/mol. The SMILES string of the molecule is C#CC(C)(C)Nc1ncnc2sc(C(=O)O)c(C)c12. The third-order valence-electron chi connectivity index (χ3n) is 2.71. The summed E-state index contributed by atoms with van der Waals surface area (Å²) in [5.41, 5.74) is 0.0856. The van der Waals surface area contributed by atoms with Crippen LogP contribution >= 0.6 is 11.3 Å². The first-order valence-corrected chi connectivity index (χ1v) is 6.40. The Morgan fingerprint density at radius 1 is 1.53 bits per heavy atom. The molecule has 0 fully saturated rings. The molecular weight excluding hydrogens is 262 g/mol. The maximum absolute atomic E-state index is 11.2. The standard InChI is InChI=1S/C13H13N3O2S/c1-5-13(3,4)16-10-8-7(2)9(12(17)18)19-11(8)15-6-14-10/h1,6H,2-4H3,(H,17,18)(H,14,15,16).